The molecule has 10 aromatic rings. The summed E-state index contributed by atoms with van der Waals surface area (Å²) < 4.78 is 6.50. The summed E-state index contributed by atoms with van der Waals surface area (Å²) in [6.07, 6.45) is 3.68. The van der Waals surface area contributed by atoms with Gasteiger partial charge in [-0.05, 0) is 94.2 Å². The average Bonchev–Trinajstić information content (AvgIpc) is 3.63. The number of nitrogens with zero attached hydrogens (tertiary/aromatic N) is 4. The Balaban J connectivity index is 1.21. The van der Waals surface area contributed by atoms with Crippen molar-refractivity contribution in [1.82, 2.24) is 19.9 Å². The van der Waals surface area contributed by atoms with Gasteiger partial charge in [-0.15, -0.1) is 0 Å². The molecule has 5 nitrogen and oxygen atoms in total. The van der Waals surface area contributed by atoms with Crippen molar-refractivity contribution in [3.8, 4) is 67.4 Å². The second-order valence-corrected chi connectivity index (χ2v) is 13.1. The number of para-hydroxylation sites is 1. The molecular weight excluding hydrogens is 649 g/mol. The zero-order chi connectivity index (χ0) is 35.1. The molecule has 0 unspecified atom stereocenters. The van der Waals surface area contributed by atoms with E-state index >= 15 is 0 Å². The van der Waals surface area contributed by atoms with Crippen LogP contribution in [-0.4, -0.2) is 19.9 Å². The first-order chi connectivity index (χ1) is 26.2. The molecular formula is C48H30N4O. The standard InChI is InChI=1S/C48H30N4O/c1-2-12-32(13-3-1)43-30-44(52-48(51-43)36-16-10-15-35(26-36)42-18-8-9-23-49-42)39-28-37(34-21-20-31-11-4-5-14-33(31)25-34)27-38(29-39)40-22-24-50-46-41-17-6-7-19-45(41)53-47(40)46/h1-30H. The monoisotopic (exact) mass is 678 g/mol. The molecule has 0 atom stereocenters. The van der Waals surface area contributed by atoms with E-state index in [1.165, 1.54) is 10.8 Å². The molecule has 0 fully saturated rings. The van der Waals surface area contributed by atoms with Crippen LogP contribution in [0.1, 0.15) is 0 Å². The van der Waals surface area contributed by atoms with Gasteiger partial charge in [0.25, 0.3) is 0 Å². The van der Waals surface area contributed by atoms with Crippen molar-refractivity contribution in [3.05, 3.63) is 182 Å². The van der Waals surface area contributed by atoms with Crippen LogP contribution >= 0.6 is 0 Å². The number of rotatable bonds is 6. The molecule has 10 rings (SSSR count). The third-order valence-corrected chi connectivity index (χ3v) is 9.76. The topological polar surface area (TPSA) is 64.7 Å². The van der Waals surface area contributed by atoms with Crippen LogP contribution in [-0.2, 0) is 0 Å². The second-order valence-electron chi connectivity index (χ2n) is 13.1. The quantitative estimate of drug-likeness (QED) is 0.175. The van der Waals surface area contributed by atoms with Gasteiger partial charge in [-0.1, -0.05) is 103 Å². The van der Waals surface area contributed by atoms with E-state index in [9.17, 15) is 0 Å². The van der Waals surface area contributed by atoms with Crippen LogP contribution in [0.3, 0.4) is 0 Å². The fourth-order valence-electron chi connectivity index (χ4n) is 7.13. The largest absolute Gasteiger partial charge is 0.454 e. The summed E-state index contributed by atoms with van der Waals surface area (Å²) in [6.45, 7) is 0. The predicted molar refractivity (Wildman–Crippen MR) is 215 cm³/mol. The summed E-state index contributed by atoms with van der Waals surface area (Å²) in [7, 11) is 0. The summed E-state index contributed by atoms with van der Waals surface area (Å²) in [4.78, 5) is 19.8. The van der Waals surface area contributed by atoms with Crippen molar-refractivity contribution in [2.24, 2.45) is 0 Å². The lowest BCUT2D eigenvalue weighted by Crippen LogP contribution is -1.97. The van der Waals surface area contributed by atoms with Crippen molar-refractivity contribution >= 4 is 32.8 Å². The van der Waals surface area contributed by atoms with Crippen molar-refractivity contribution in [1.29, 1.82) is 0 Å². The molecule has 5 heteroatoms. The van der Waals surface area contributed by atoms with Gasteiger partial charge in [0.15, 0.2) is 11.4 Å². The van der Waals surface area contributed by atoms with Crippen molar-refractivity contribution in [2.75, 3.05) is 0 Å². The van der Waals surface area contributed by atoms with Gasteiger partial charge < -0.3 is 4.42 Å². The Kier molecular flexibility index (Phi) is 7.40. The molecule has 248 valence electrons. The molecule has 0 aliphatic carbocycles. The minimum Gasteiger partial charge on any atom is -0.454 e. The van der Waals surface area contributed by atoms with E-state index < -0.39 is 0 Å². The minimum atomic E-state index is 0.639. The van der Waals surface area contributed by atoms with E-state index in [2.05, 4.69) is 108 Å². The lowest BCUT2D eigenvalue weighted by atomic mass is 9.93. The Bertz CT molecular complexity index is 2950. The van der Waals surface area contributed by atoms with Gasteiger partial charge in [0.2, 0.25) is 0 Å². The number of hydrogen-bond donors (Lipinski definition) is 0. The predicted octanol–water partition coefficient (Wildman–Crippen LogP) is 12.3. The van der Waals surface area contributed by atoms with Crippen LogP contribution in [0.25, 0.3) is 100 Å². The zero-order valence-electron chi connectivity index (χ0n) is 28.5. The number of benzene rings is 6. The highest BCUT2D eigenvalue weighted by Gasteiger charge is 2.18. The molecule has 4 aromatic heterocycles. The van der Waals surface area contributed by atoms with Gasteiger partial charge in [0.1, 0.15) is 11.1 Å². The maximum Gasteiger partial charge on any atom is 0.161 e. The Morgan fingerprint density at radius 3 is 1.98 bits per heavy atom. The highest BCUT2D eigenvalue weighted by Crippen LogP contribution is 2.39. The lowest BCUT2D eigenvalue weighted by molar-refractivity contribution is 0.669. The van der Waals surface area contributed by atoms with Crippen molar-refractivity contribution in [2.45, 2.75) is 0 Å². The van der Waals surface area contributed by atoms with Crippen molar-refractivity contribution in [3.63, 3.8) is 0 Å². The molecule has 0 aliphatic heterocycles. The fourth-order valence-corrected chi connectivity index (χ4v) is 7.13. The Morgan fingerprint density at radius 2 is 1.09 bits per heavy atom. The first-order valence-electron chi connectivity index (χ1n) is 17.6. The molecule has 0 aliphatic rings. The number of fused-ring (bicyclic) bond motifs is 4. The first kappa shape index (κ1) is 30.6. The maximum absolute atomic E-state index is 6.50. The molecule has 0 N–H and O–H groups in total. The molecule has 0 amide bonds. The van der Waals surface area contributed by atoms with Gasteiger partial charge in [-0.25, -0.2) is 9.97 Å². The number of hydrogen-bond acceptors (Lipinski definition) is 5. The summed E-state index contributed by atoms with van der Waals surface area (Å²) in [6, 6.07) is 58.5. The zero-order valence-corrected chi connectivity index (χ0v) is 28.5. The summed E-state index contributed by atoms with van der Waals surface area (Å²) in [5.74, 6) is 0.639. The molecule has 53 heavy (non-hydrogen) atoms. The second kappa shape index (κ2) is 12.8. The molecule has 6 aromatic carbocycles. The van der Waals surface area contributed by atoms with E-state index in [1.807, 2.05) is 79.1 Å². The van der Waals surface area contributed by atoms with Gasteiger partial charge in [-0.3, -0.25) is 9.97 Å². The summed E-state index contributed by atoms with van der Waals surface area (Å²) in [5.41, 5.74) is 13.0. The average molecular weight is 679 g/mol. The van der Waals surface area contributed by atoms with Crippen LogP contribution in [0.4, 0.5) is 0 Å². The van der Waals surface area contributed by atoms with E-state index in [0.717, 1.165) is 83.7 Å². The molecule has 0 spiro atoms. The van der Waals surface area contributed by atoms with Gasteiger partial charge in [0.05, 0.1) is 17.1 Å². The van der Waals surface area contributed by atoms with Gasteiger partial charge in [-0.2, -0.15) is 0 Å². The third-order valence-electron chi connectivity index (χ3n) is 9.76. The van der Waals surface area contributed by atoms with E-state index in [1.54, 1.807) is 0 Å². The molecule has 0 saturated carbocycles. The highest BCUT2D eigenvalue weighted by atomic mass is 16.3. The minimum absolute atomic E-state index is 0.639. The smallest absolute Gasteiger partial charge is 0.161 e. The fraction of sp³-hybridized carbons (Fsp3) is 0. The lowest BCUT2D eigenvalue weighted by Gasteiger charge is -2.14. The molecule has 0 saturated heterocycles. The Hall–Kier alpha value is -7.24. The van der Waals surface area contributed by atoms with Crippen LogP contribution in [0, 0.1) is 0 Å². The van der Waals surface area contributed by atoms with Crippen LogP contribution in [0.15, 0.2) is 187 Å². The normalized spacial score (nSPS) is 11.4. The Morgan fingerprint density at radius 1 is 0.377 bits per heavy atom. The van der Waals surface area contributed by atoms with Crippen molar-refractivity contribution < 1.29 is 4.42 Å². The van der Waals surface area contributed by atoms with E-state index in [4.69, 9.17) is 19.4 Å². The molecule has 0 bridgehead atoms. The first-order valence-corrected chi connectivity index (χ1v) is 17.6. The Labute approximate surface area is 305 Å². The van der Waals surface area contributed by atoms with Crippen LogP contribution < -0.4 is 0 Å². The van der Waals surface area contributed by atoms with Gasteiger partial charge in [0, 0.05) is 45.6 Å². The van der Waals surface area contributed by atoms with Crippen LogP contribution in [0.5, 0.6) is 0 Å². The van der Waals surface area contributed by atoms with E-state index in [0.29, 0.717) is 5.82 Å². The van der Waals surface area contributed by atoms with Crippen LogP contribution in [0.2, 0.25) is 0 Å². The van der Waals surface area contributed by atoms with Gasteiger partial charge >= 0.3 is 0 Å². The SMILES string of the molecule is c1ccc(-c2cc(-c3cc(-c4ccc5ccccc5c4)cc(-c4ccnc5c4oc4ccccc45)c3)nc(-c3cccc(-c4ccccn4)c3)n2)cc1. The number of furan rings is 1. The third kappa shape index (κ3) is 5.71. The maximum atomic E-state index is 6.50. The molecule has 4 heterocycles. The number of pyridine rings is 2. The highest BCUT2D eigenvalue weighted by molar-refractivity contribution is 6.07. The number of aromatic nitrogens is 4. The summed E-state index contributed by atoms with van der Waals surface area (Å²) in [5, 5.41) is 3.38. The van der Waals surface area contributed by atoms with E-state index in [-0.39, 0.29) is 0 Å². The summed E-state index contributed by atoms with van der Waals surface area (Å²) >= 11 is 0. The molecule has 0 radical (unpaired) electrons.